The molecule has 30 heavy (non-hydrogen) atoms. The number of thiophene rings is 1. The maximum atomic E-state index is 13.5. The average molecular weight is 424 g/mol. The number of rotatable bonds is 4. The van der Waals surface area contributed by atoms with Crippen LogP contribution in [0.15, 0.2) is 40.4 Å². The van der Waals surface area contributed by atoms with Gasteiger partial charge < -0.3 is 14.3 Å². The summed E-state index contributed by atoms with van der Waals surface area (Å²) in [6.07, 6.45) is 6.01. The lowest BCUT2D eigenvalue weighted by Crippen LogP contribution is -2.54. The van der Waals surface area contributed by atoms with E-state index in [-0.39, 0.29) is 5.41 Å². The Morgan fingerprint density at radius 2 is 1.93 bits per heavy atom. The van der Waals surface area contributed by atoms with E-state index >= 15 is 0 Å². The highest BCUT2D eigenvalue weighted by molar-refractivity contribution is 7.10. The first-order valence-electron chi connectivity index (χ1n) is 10.5. The molecule has 3 aromatic rings. The van der Waals surface area contributed by atoms with Crippen molar-refractivity contribution in [3.05, 3.63) is 46.6 Å². The molecular formula is C22H25N5O2S. The summed E-state index contributed by atoms with van der Waals surface area (Å²) in [5.41, 5.74) is 0.544. The smallest absolute Gasteiger partial charge is 0.234 e. The second-order valence-electron chi connectivity index (χ2n) is 8.09. The normalized spacial score (nSPS) is 18.7. The predicted molar refractivity (Wildman–Crippen MR) is 116 cm³/mol. The molecule has 2 aliphatic rings. The van der Waals surface area contributed by atoms with E-state index in [1.165, 1.54) is 4.88 Å². The van der Waals surface area contributed by atoms with Gasteiger partial charge in [0.15, 0.2) is 0 Å². The van der Waals surface area contributed by atoms with E-state index in [1.807, 2.05) is 12.1 Å². The Labute approximate surface area is 179 Å². The minimum atomic E-state index is -0.293. The van der Waals surface area contributed by atoms with Gasteiger partial charge in [-0.15, -0.1) is 11.3 Å². The Bertz CT molecular complexity index is 1000. The lowest BCUT2D eigenvalue weighted by molar-refractivity contribution is -0.137. The first-order valence-corrected chi connectivity index (χ1v) is 11.4. The molecule has 0 N–H and O–H groups in total. The Hall–Kier alpha value is -2.74. The minimum absolute atomic E-state index is 0.293. The monoisotopic (exact) mass is 423 g/mol. The van der Waals surface area contributed by atoms with E-state index < -0.39 is 0 Å². The number of carbonyl (C=O) groups excluding carboxylic acids is 1. The zero-order valence-electron chi connectivity index (χ0n) is 17.1. The predicted octanol–water partition coefficient (Wildman–Crippen LogP) is 3.66. The van der Waals surface area contributed by atoms with Crippen LogP contribution in [0.25, 0.3) is 11.4 Å². The largest absolute Gasteiger partial charge is 0.353 e. The lowest BCUT2D eigenvalue weighted by atomic mass is 9.82. The molecule has 4 heterocycles. The number of hydrogen-bond donors (Lipinski definition) is 0. The van der Waals surface area contributed by atoms with Gasteiger partial charge in [-0.25, -0.2) is 4.98 Å². The van der Waals surface area contributed by atoms with Crippen molar-refractivity contribution < 1.29 is 9.32 Å². The molecule has 0 atom stereocenters. The molecule has 1 amide bonds. The fraction of sp³-hybridized carbons (Fsp3) is 0.455. The summed E-state index contributed by atoms with van der Waals surface area (Å²) in [5.74, 6) is 2.33. The number of amides is 1. The highest BCUT2D eigenvalue weighted by atomic mass is 32.1. The van der Waals surface area contributed by atoms with Gasteiger partial charge in [0, 0.05) is 49.7 Å². The van der Waals surface area contributed by atoms with Crippen LogP contribution in [0.4, 0.5) is 5.82 Å². The SMILES string of the molecule is Cc1nc(-c2ccc(N3CCN(C(=O)C4(c5cccs5)CCCC4)CC3)nc2)no1. The van der Waals surface area contributed by atoms with Crippen LogP contribution >= 0.6 is 11.3 Å². The zero-order chi connectivity index (χ0) is 20.6. The quantitative estimate of drug-likeness (QED) is 0.637. The van der Waals surface area contributed by atoms with Crippen LogP contribution in [0, 0.1) is 6.92 Å². The number of aryl methyl sites for hydroxylation is 1. The molecule has 156 valence electrons. The van der Waals surface area contributed by atoms with Crippen molar-refractivity contribution in [1.82, 2.24) is 20.0 Å². The molecule has 2 fully saturated rings. The third-order valence-corrected chi connectivity index (χ3v) is 7.36. The number of carbonyl (C=O) groups is 1. The standard InChI is InChI=1S/C22H25N5O2S/c1-16-24-20(25-29-16)17-6-7-19(23-15-17)26-10-12-27(13-11-26)21(28)22(8-2-3-9-22)18-5-4-14-30-18/h4-7,14-15H,2-3,8-13H2,1H3. The van der Waals surface area contributed by atoms with E-state index in [0.717, 1.165) is 63.2 Å². The van der Waals surface area contributed by atoms with Crippen LogP contribution in [0.2, 0.25) is 0 Å². The fourth-order valence-corrected chi connectivity index (χ4v) is 5.64. The molecule has 0 unspecified atom stereocenters. The average Bonchev–Trinajstić information content (AvgIpc) is 3.55. The van der Waals surface area contributed by atoms with Crippen LogP contribution in [-0.4, -0.2) is 52.1 Å². The highest BCUT2D eigenvalue weighted by Crippen LogP contribution is 2.44. The number of nitrogens with zero attached hydrogens (tertiary/aromatic N) is 5. The molecule has 0 spiro atoms. The molecule has 1 aliphatic heterocycles. The summed E-state index contributed by atoms with van der Waals surface area (Å²) >= 11 is 1.72. The summed E-state index contributed by atoms with van der Waals surface area (Å²) in [4.78, 5) is 27.9. The van der Waals surface area contributed by atoms with Gasteiger partial charge in [0.2, 0.25) is 17.6 Å². The van der Waals surface area contributed by atoms with Crippen molar-refractivity contribution in [3.63, 3.8) is 0 Å². The Morgan fingerprint density at radius 3 is 2.53 bits per heavy atom. The molecule has 1 aliphatic carbocycles. The third kappa shape index (κ3) is 3.39. The summed E-state index contributed by atoms with van der Waals surface area (Å²) in [6, 6.07) is 8.16. The molecule has 0 aromatic carbocycles. The van der Waals surface area contributed by atoms with E-state index in [4.69, 9.17) is 4.52 Å². The highest BCUT2D eigenvalue weighted by Gasteiger charge is 2.46. The van der Waals surface area contributed by atoms with Crippen LogP contribution in [0.5, 0.6) is 0 Å². The van der Waals surface area contributed by atoms with Crippen molar-refractivity contribution in [1.29, 1.82) is 0 Å². The van der Waals surface area contributed by atoms with Crippen molar-refractivity contribution >= 4 is 23.1 Å². The molecule has 1 saturated heterocycles. The summed E-state index contributed by atoms with van der Waals surface area (Å²) in [7, 11) is 0. The molecule has 5 rings (SSSR count). The van der Waals surface area contributed by atoms with Crippen LogP contribution < -0.4 is 4.90 Å². The molecule has 0 bridgehead atoms. The fourth-order valence-electron chi connectivity index (χ4n) is 4.66. The Kier molecular flexibility index (Phi) is 5.02. The number of anilines is 1. The van der Waals surface area contributed by atoms with Gasteiger partial charge in [-0.05, 0) is 36.4 Å². The molecule has 3 aromatic heterocycles. The van der Waals surface area contributed by atoms with Gasteiger partial charge in [0.05, 0.1) is 5.41 Å². The van der Waals surface area contributed by atoms with E-state index in [1.54, 1.807) is 24.5 Å². The van der Waals surface area contributed by atoms with Crippen LogP contribution in [0.1, 0.15) is 36.5 Å². The van der Waals surface area contributed by atoms with Gasteiger partial charge in [-0.2, -0.15) is 4.98 Å². The van der Waals surface area contributed by atoms with Gasteiger partial charge in [0.1, 0.15) is 5.82 Å². The summed E-state index contributed by atoms with van der Waals surface area (Å²) in [6.45, 7) is 4.83. The molecule has 0 radical (unpaired) electrons. The number of pyridine rings is 1. The number of piperazine rings is 1. The molecule has 7 nitrogen and oxygen atoms in total. The second kappa shape index (κ2) is 7.83. The summed E-state index contributed by atoms with van der Waals surface area (Å²) < 4.78 is 5.04. The van der Waals surface area contributed by atoms with Crippen molar-refractivity contribution in [2.24, 2.45) is 0 Å². The minimum Gasteiger partial charge on any atom is -0.353 e. The van der Waals surface area contributed by atoms with Crippen molar-refractivity contribution in [2.75, 3.05) is 31.1 Å². The van der Waals surface area contributed by atoms with Crippen LogP contribution in [-0.2, 0) is 10.2 Å². The zero-order valence-corrected chi connectivity index (χ0v) is 17.9. The van der Waals surface area contributed by atoms with E-state index in [9.17, 15) is 4.79 Å². The van der Waals surface area contributed by atoms with Gasteiger partial charge >= 0.3 is 0 Å². The first-order chi connectivity index (χ1) is 14.7. The molecule has 8 heteroatoms. The van der Waals surface area contributed by atoms with Gasteiger partial charge in [0.25, 0.3) is 0 Å². The van der Waals surface area contributed by atoms with Crippen molar-refractivity contribution in [2.45, 2.75) is 38.0 Å². The molecule has 1 saturated carbocycles. The maximum absolute atomic E-state index is 13.5. The van der Waals surface area contributed by atoms with Crippen molar-refractivity contribution in [3.8, 4) is 11.4 Å². The van der Waals surface area contributed by atoms with E-state index in [0.29, 0.717) is 17.6 Å². The van der Waals surface area contributed by atoms with Crippen LogP contribution in [0.3, 0.4) is 0 Å². The van der Waals surface area contributed by atoms with E-state index in [2.05, 4.69) is 42.4 Å². The number of aromatic nitrogens is 3. The Morgan fingerprint density at radius 1 is 1.13 bits per heavy atom. The second-order valence-corrected chi connectivity index (χ2v) is 9.04. The van der Waals surface area contributed by atoms with Gasteiger partial charge in [-0.1, -0.05) is 24.1 Å². The number of hydrogen-bond acceptors (Lipinski definition) is 7. The third-order valence-electron chi connectivity index (χ3n) is 6.28. The van der Waals surface area contributed by atoms with Gasteiger partial charge in [-0.3, -0.25) is 4.79 Å². The topological polar surface area (TPSA) is 75.4 Å². The first kappa shape index (κ1) is 19.2. The lowest BCUT2D eigenvalue weighted by Gasteiger charge is -2.40. The summed E-state index contributed by atoms with van der Waals surface area (Å²) in [5, 5.41) is 6.03. The Balaban J connectivity index is 1.25. The maximum Gasteiger partial charge on any atom is 0.234 e. The molecular weight excluding hydrogens is 398 g/mol.